The van der Waals surface area contributed by atoms with E-state index >= 15 is 0 Å². The highest BCUT2D eigenvalue weighted by molar-refractivity contribution is 7.13. The first kappa shape index (κ1) is 10.8. The van der Waals surface area contributed by atoms with Gasteiger partial charge in [0.05, 0.1) is 4.88 Å². The summed E-state index contributed by atoms with van der Waals surface area (Å²) >= 11 is 1.76. The molecular weight excluding hydrogens is 242 g/mol. The molecule has 2 aromatic rings. The van der Waals surface area contributed by atoms with E-state index in [1.54, 1.807) is 11.3 Å². The monoisotopic (exact) mass is 259 g/mol. The quantitative estimate of drug-likeness (QED) is 0.870. The summed E-state index contributed by atoms with van der Waals surface area (Å²) in [5.41, 5.74) is 2.35. The molecule has 3 unspecified atom stereocenters. The average molecular weight is 259 g/mol. The van der Waals surface area contributed by atoms with Crippen molar-refractivity contribution < 1.29 is 0 Å². The van der Waals surface area contributed by atoms with Gasteiger partial charge in [-0.3, -0.25) is 0 Å². The van der Waals surface area contributed by atoms with Crippen LogP contribution in [0, 0.1) is 6.92 Å². The van der Waals surface area contributed by atoms with Gasteiger partial charge in [0, 0.05) is 23.7 Å². The predicted octanol–water partition coefficient (Wildman–Crippen LogP) is 3.05. The van der Waals surface area contributed by atoms with Crippen LogP contribution in [0.1, 0.15) is 36.7 Å². The SMILES string of the molecule is Cc1[nH]c(C2CC3CCC2N3)nc1-c1cccs1. The van der Waals surface area contributed by atoms with E-state index in [4.69, 9.17) is 4.98 Å². The minimum atomic E-state index is 0.594. The summed E-state index contributed by atoms with van der Waals surface area (Å²) in [4.78, 5) is 9.65. The number of aromatic amines is 1. The molecular formula is C14H17N3S. The molecule has 2 saturated heterocycles. The highest BCUT2D eigenvalue weighted by atomic mass is 32.1. The van der Waals surface area contributed by atoms with Crippen LogP contribution in [0.25, 0.3) is 10.6 Å². The molecule has 4 rings (SSSR count). The number of nitrogens with one attached hydrogen (secondary N) is 2. The van der Waals surface area contributed by atoms with Gasteiger partial charge >= 0.3 is 0 Å². The minimum Gasteiger partial charge on any atom is -0.345 e. The molecule has 2 aromatic heterocycles. The van der Waals surface area contributed by atoms with Gasteiger partial charge in [-0.25, -0.2) is 4.98 Å². The Kier molecular flexibility index (Phi) is 2.35. The van der Waals surface area contributed by atoms with Crippen LogP contribution in [0.5, 0.6) is 0 Å². The van der Waals surface area contributed by atoms with Crippen LogP contribution >= 0.6 is 11.3 Å². The fourth-order valence-electron chi connectivity index (χ4n) is 3.44. The van der Waals surface area contributed by atoms with Crippen LogP contribution in [-0.4, -0.2) is 22.1 Å². The van der Waals surface area contributed by atoms with Gasteiger partial charge in [0.1, 0.15) is 11.5 Å². The van der Waals surface area contributed by atoms with Crippen molar-refractivity contribution in [3.05, 3.63) is 29.0 Å². The van der Waals surface area contributed by atoms with Gasteiger partial charge in [-0.15, -0.1) is 11.3 Å². The first-order valence-electron chi connectivity index (χ1n) is 6.67. The molecule has 0 spiro atoms. The molecule has 0 radical (unpaired) electrons. The lowest BCUT2D eigenvalue weighted by molar-refractivity contribution is 0.489. The molecule has 18 heavy (non-hydrogen) atoms. The Morgan fingerprint density at radius 3 is 3.00 bits per heavy atom. The Bertz CT molecular complexity index is 558. The smallest absolute Gasteiger partial charge is 0.111 e. The fraction of sp³-hybridized carbons (Fsp3) is 0.500. The number of H-pyrrole nitrogens is 1. The lowest BCUT2D eigenvalue weighted by Gasteiger charge is -2.17. The second-order valence-corrected chi connectivity index (χ2v) is 6.41. The number of hydrogen-bond acceptors (Lipinski definition) is 3. The Balaban J connectivity index is 1.69. The van der Waals surface area contributed by atoms with Gasteiger partial charge in [0.25, 0.3) is 0 Å². The number of nitrogens with zero attached hydrogens (tertiary/aromatic N) is 1. The molecule has 0 aliphatic carbocycles. The number of rotatable bonds is 2. The van der Waals surface area contributed by atoms with E-state index in [1.807, 2.05) is 0 Å². The molecule has 0 saturated carbocycles. The largest absolute Gasteiger partial charge is 0.345 e. The lowest BCUT2D eigenvalue weighted by atomic mass is 9.89. The van der Waals surface area contributed by atoms with Gasteiger partial charge in [-0.1, -0.05) is 6.07 Å². The van der Waals surface area contributed by atoms with Crippen molar-refractivity contribution in [2.24, 2.45) is 0 Å². The first-order chi connectivity index (χ1) is 8.81. The third kappa shape index (κ3) is 1.56. The van der Waals surface area contributed by atoms with Crippen molar-refractivity contribution in [1.29, 1.82) is 0 Å². The van der Waals surface area contributed by atoms with Gasteiger partial charge in [0.2, 0.25) is 0 Å². The first-order valence-corrected chi connectivity index (χ1v) is 7.55. The number of imidazole rings is 1. The van der Waals surface area contributed by atoms with Crippen LogP contribution in [0.3, 0.4) is 0 Å². The van der Waals surface area contributed by atoms with Gasteiger partial charge in [0.15, 0.2) is 0 Å². The Morgan fingerprint density at radius 2 is 2.33 bits per heavy atom. The zero-order chi connectivity index (χ0) is 12.1. The molecule has 3 atom stereocenters. The molecule has 4 heterocycles. The van der Waals surface area contributed by atoms with E-state index in [9.17, 15) is 0 Å². The third-order valence-electron chi connectivity index (χ3n) is 4.31. The molecule has 2 fully saturated rings. The molecule has 3 nitrogen and oxygen atoms in total. The number of thiophene rings is 1. The lowest BCUT2D eigenvalue weighted by Crippen LogP contribution is -2.22. The summed E-state index contributed by atoms with van der Waals surface area (Å²) in [6.07, 6.45) is 3.91. The molecule has 0 amide bonds. The zero-order valence-corrected chi connectivity index (χ0v) is 11.3. The maximum Gasteiger partial charge on any atom is 0.111 e. The second-order valence-electron chi connectivity index (χ2n) is 5.46. The van der Waals surface area contributed by atoms with Gasteiger partial charge in [-0.05, 0) is 37.6 Å². The zero-order valence-electron chi connectivity index (χ0n) is 10.4. The summed E-state index contributed by atoms with van der Waals surface area (Å²) < 4.78 is 0. The van der Waals surface area contributed by atoms with Crippen molar-refractivity contribution in [2.45, 2.75) is 44.2 Å². The van der Waals surface area contributed by atoms with Crippen LogP contribution in [0.2, 0.25) is 0 Å². The van der Waals surface area contributed by atoms with Crippen molar-refractivity contribution in [3.63, 3.8) is 0 Å². The van der Waals surface area contributed by atoms with Crippen molar-refractivity contribution in [3.8, 4) is 10.6 Å². The molecule has 2 bridgehead atoms. The predicted molar refractivity (Wildman–Crippen MR) is 73.9 cm³/mol. The van der Waals surface area contributed by atoms with Crippen LogP contribution in [0.15, 0.2) is 17.5 Å². The van der Waals surface area contributed by atoms with E-state index in [1.165, 1.54) is 35.7 Å². The maximum atomic E-state index is 4.87. The van der Waals surface area contributed by atoms with Crippen LogP contribution in [-0.2, 0) is 0 Å². The summed E-state index contributed by atoms with van der Waals surface area (Å²) in [5.74, 6) is 1.78. The molecule has 94 valence electrons. The summed E-state index contributed by atoms with van der Waals surface area (Å²) in [6, 6.07) is 5.62. The highest BCUT2D eigenvalue weighted by Crippen LogP contribution is 2.40. The minimum absolute atomic E-state index is 0.594. The summed E-state index contributed by atoms with van der Waals surface area (Å²) in [5, 5.41) is 5.80. The topological polar surface area (TPSA) is 40.7 Å². The molecule has 0 aromatic carbocycles. The standard InChI is InChI=1S/C14H17N3S/c1-8-13(12-3-2-6-18-12)17-14(15-8)10-7-9-4-5-11(10)16-9/h2-3,6,9-11,16H,4-5,7H2,1H3,(H,15,17). The molecule has 2 aliphatic heterocycles. The third-order valence-corrected chi connectivity index (χ3v) is 5.19. The van der Waals surface area contributed by atoms with E-state index < -0.39 is 0 Å². The molecule has 2 N–H and O–H groups in total. The highest BCUT2D eigenvalue weighted by Gasteiger charge is 2.41. The maximum absolute atomic E-state index is 4.87. The van der Waals surface area contributed by atoms with Crippen molar-refractivity contribution in [2.75, 3.05) is 0 Å². The molecule has 4 heteroatoms. The Labute approximate surface area is 111 Å². The van der Waals surface area contributed by atoms with Gasteiger partial charge in [-0.2, -0.15) is 0 Å². The van der Waals surface area contributed by atoms with Crippen molar-refractivity contribution >= 4 is 11.3 Å². The van der Waals surface area contributed by atoms with Gasteiger partial charge < -0.3 is 10.3 Å². The van der Waals surface area contributed by atoms with E-state index in [0.29, 0.717) is 12.0 Å². The number of hydrogen-bond donors (Lipinski definition) is 2. The van der Waals surface area contributed by atoms with Crippen molar-refractivity contribution in [1.82, 2.24) is 15.3 Å². The second kappa shape index (κ2) is 3.93. The summed E-state index contributed by atoms with van der Waals surface area (Å²) in [7, 11) is 0. The number of aromatic nitrogens is 2. The van der Waals surface area contributed by atoms with E-state index in [2.05, 4.69) is 34.7 Å². The Hall–Kier alpha value is -1.13. The number of aryl methyl sites for hydroxylation is 1. The molecule has 2 aliphatic rings. The van der Waals surface area contributed by atoms with Crippen LogP contribution < -0.4 is 5.32 Å². The van der Waals surface area contributed by atoms with E-state index in [-0.39, 0.29) is 0 Å². The summed E-state index contributed by atoms with van der Waals surface area (Å²) in [6.45, 7) is 2.13. The number of fused-ring (bicyclic) bond motifs is 2. The normalized spacial score (nSPS) is 30.2. The Morgan fingerprint density at radius 1 is 1.39 bits per heavy atom. The van der Waals surface area contributed by atoms with Crippen LogP contribution in [0.4, 0.5) is 0 Å². The average Bonchev–Trinajstić information content (AvgIpc) is 3.12. The fourth-order valence-corrected chi connectivity index (χ4v) is 4.21. The van der Waals surface area contributed by atoms with E-state index in [0.717, 1.165) is 11.7 Å².